The van der Waals surface area contributed by atoms with Gasteiger partial charge in [0.2, 0.25) is 5.91 Å². The molecule has 0 aliphatic carbocycles. The second kappa shape index (κ2) is 10.7. The summed E-state index contributed by atoms with van der Waals surface area (Å²) in [5.41, 5.74) is -0.693. The lowest BCUT2D eigenvalue weighted by atomic mass is 10.2. The highest BCUT2D eigenvalue weighted by Crippen LogP contribution is 2.33. The van der Waals surface area contributed by atoms with Crippen molar-refractivity contribution >= 4 is 17.6 Å². The Hall–Kier alpha value is -4.81. The number of carbonyl (C=O) groups excluding carboxylic acids is 2. The van der Waals surface area contributed by atoms with Gasteiger partial charge in [-0.2, -0.15) is 18.3 Å². The fourth-order valence-corrected chi connectivity index (χ4v) is 3.49. The van der Waals surface area contributed by atoms with Gasteiger partial charge in [0, 0.05) is 57.3 Å². The Morgan fingerprint density at radius 2 is 1.87 bits per heavy atom. The highest BCUT2D eigenvalue weighted by molar-refractivity contribution is 6.03. The molecule has 0 fully saturated rings. The largest absolute Gasteiger partial charge is 0.433 e. The van der Waals surface area contributed by atoms with Gasteiger partial charge in [0.05, 0.1) is 23.1 Å². The summed E-state index contributed by atoms with van der Waals surface area (Å²) in [5, 5.41) is 6.63. The molecule has 0 unspecified atom stereocenters. The van der Waals surface area contributed by atoms with E-state index < -0.39 is 17.8 Å². The van der Waals surface area contributed by atoms with Crippen molar-refractivity contribution in [3.8, 4) is 16.9 Å². The first kappa shape index (κ1) is 26.3. The maximum Gasteiger partial charge on any atom is 0.433 e. The Balaban J connectivity index is 1.53. The molecule has 0 saturated carbocycles. The molecule has 1 N–H and O–H groups in total. The van der Waals surface area contributed by atoms with E-state index in [2.05, 4.69) is 20.4 Å². The first-order valence-electron chi connectivity index (χ1n) is 11.3. The zero-order chi connectivity index (χ0) is 27.4. The van der Waals surface area contributed by atoms with Crippen molar-refractivity contribution in [3.63, 3.8) is 0 Å². The van der Waals surface area contributed by atoms with E-state index in [1.54, 1.807) is 26.2 Å². The summed E-state index contributed by atoms with van der Waals surface area (Å²) >= 11 is 0. The molecule has 0 aromatic carbocycles. The molecular formula is C25H22F3N7O3. The minimum Gasteiger partial charge on any atom is -0.349 e. The molecule has 4 rings (SSSR count). The number of aryl methyl sites for hydroxylation is 1. The number of nitrogens with one attached hydrogen (secondary N) is 1. The molecule has 0 aliphatic heterocycles. The Labute approximate surface area is 214 Å². The third-order valence-corrected chi connectivity index (χ3v) is 5.50. The summed E-state index contributed by atoms with van der Waals surface area (Å²) in [6, 6.07) is 9.33. The number of pyridine rings is 3. The SMILES string of the molecule is CN(C)C(=O)CCn1cc(C(=O)Nc2ccc(-n3nc(-c4cccnc4)cc3C(F)(F)F)cn2)ccc1=O. The van der Waals surface area contributed by atoms with Crippen LogP contribution in [0.1, 0.15) is 22.5 Å². The molecular weight excluding hydrogens is 503 g/mol. The van der Waals surface area contributed by atoms with E-state index >= 15 is 0 Å². The number of alkyl halides is 3. The van der Waals surface area contributed by atoms with Gasteiger partial charge in [-0.25, -0.2) is 9.67 Å². The molecule has 0 spiro atoms. The van der Waals surface area contributed by atoms with E-state index in [1.165, 1.54) is 52.3 Å². The zero-order valence-corrected chi connectivity index (χ0v) is 20.3. The van der Waals surface area contributed by atoms with E-state index in [0.29, 0.717) is 5.56 Å². The number of aromatic nitrogens is 5. The molecule has 4 aromatic rings. The lowest BCUT2D eigenvalue weighted by Crippen LogP contribution is -2.27. The van der Waals surface area contributed by atoms with Crippen LogP contribution in [0.25, 0.3) is 16.9 Å². The lowest BCUT2D eigenvalue weighted by Gasteiger charge is -2.12. The predicted octanol–water partition coefficient (Wildman–Crippen LogP) is 3.24. The molecule has 0 saturated heterocycles. The minimum atomic E-state index is -4.68. The van der Waals surface area contributed by atoms with Crippen molar-refractivity contribution < 1.29 is 22.8 Å². The summed E-state index contributed by atoms with van der Waals surface area (Å²) in [6.45, 7) is 0.0936. The van der Waals surface area contributed by atoms with Crippen LogP contribution in [0.4, 0.5) is 19.0 Å². The lowest BCUT2D eigenvalue weighted by molar-refractivity contribution is -0.142. The average Bonchev–Trinajstić information content (AvgIpc) is 3.35. The van der Waals surface area contributed by atoms with Gasteiger partial charge in [0.1, 0.15) is 11.5 Å². The van der Waals surface area contributed by atoms with Crippen molar-refractivity contribution in [1.29, 1.82) is 0 Å². The molecule has 4 heterocycles. The molecule has 13 heteroatoms. The van der Waals surface area contributed by atoms with Crippen molar-refractivity contribution in [2.45, 2.75) is 19.1 Å². The van der Waals surface area contributed by atoms with Gasteiger partial charge < -0.3 is 14.8 Å². The molecule has 0 aliphatic rings. The monoisotopic (exact) mass is 525 g/mol. The third kappa shape index (κ3) is 5.94. The summed E-state index contributed by atoms with van der Waals surface area (Å²) in [4.78, 5) is 46.0. The standard InChI is InChI=1S/C25H22F3N7O3/c1-33(2)22(36)9-11-34-15-17(5-8-23(34)37)24(38)31-21-7-6-18(14-30-21)35-20(25(26,27)28)12-19(32-35)16-4-3-10-29-13-16/h3-8,10,12-15H,9,11H2,1-2H3,(H,30,31,38). The Bertz CT molecular complexity index is 1510. The molecule has 196 valence electrons. The predicted molar refractivity (Wildman–Crippen MR) is 132 cm³/mol. The normalized spacial score (nSPS) is 11.3. The van der Waals surface area contributed by atoms with Gasteiger partial charge in [0.15, 0.2) is 0 Å². The van der Waals surface area contributed by atoms with Crippen LogP contribution >= 0.6 is 0 Å². The maximum atomic E-state index is 13.7. The second-order valence-corrected chi connectivity index (χ2v) is 8.41. The first-order chi connectivity index (χ1) is 18.0. The molecule has 0 atom stereocenters. The highest BCUT2D eigenvalue weighted by atomic mass is 19.4. The average molecular weight is 525 g/mol. The van der Waals surface area contributed by atoms with Crippen LogP contribution < -0.4 is 10.9 Å². The van der Waals surface area contributed by atoms with Crippen molar-refractivity contribution in [2.75, 3.05) is 19.4 Å². The number of rotatable bonds is 7. The minimum absolute atomic E-state index is 0.0320. The number of anilines is 1. The number of hydrogen-bond donors (Lipinski definition) is 1. The fourth-order valence-electron chi connectivity index (χ4n) is 3.49. The molecule has 38 heavy (non-hydrogen) atoms. The van der Waals surface area contributed by atoms with Gasteiger partial charge >= 0.3 is 6.18 Å². The van der Waals surface area contributed by atoms with Gasteiger partial charge in [0.25, 0.3) is 11.5 Å². The van der Waals surface area contributed by atoms with Crippen LogP contribution in [0, 0.1) is 0 Å². The number of halogens is 3. The van der Waals surface area contributed by atoms with Crippen LogP contribution in [-0.2, 0) is 17.5 Å². The van der Waals surface area contributed by atoms with Crippen LogP contribution in [0.2, 0.25) is 0 Å². The topological polar surface area (TPSA) is 115 Å². The molecule has 2 amide bonds. The van der Waals surface area contributed by atoms with Gasteiger partial charge in [-0.05, 0) is 36.4 Å². The van der Waals surface area contributed by atoms with Crippen molar-refractivity contribution in [1.82, 2.24) is 29.2 Å². The molecule has 10 nitrogen and oxygen atoms in total. The van der Waals surface area contributed by atoms with Gasteiger partial charge in [-0.15, -0.1) is 0 Å². The number of carbonyl (C=O) groups is 2. The Kier molecular flexibility index (Phi) is 7.37. The van der Waals surface area contributed by atoms with Crippen LogP contribution in [0.5, 0.6) is 0 Å². The van der Waals surface area contributed by atoms with Crippen LogP contribution in [0.3, 0.4) is 0 Å². The van der Waals surface area contributed by atoms with Gasteiger partial charge in [-0.3, -0.25) is 19.4 Å². The molecule has 0 radical (unpaired) electrons. The zero-order valence-electron chi connectivity index (χ0n) is 20.3. The van der Waals surface area contributed by atoms with E-state index in [-0.39, 0.29) is 47.2 Å². The summed E-state index contributed by atoms with van der Waals surface area (Å²) in [6.07, 6.45) is 0.792. The number of hydrogen-bond acceptors (Lipinski definition) is 6. The summed E-state index contributed by atoms with van der Waals surface area (Å²) < 4.78 is 43.1. The van der Waals surface area contributed by atoms with Crippen LogP contribution in [-0.4, -0.2) is 55.1 Å². The first-order valence-corrected chi connectivity index (χ1v) is 11.3. The Morgan fingerprint density at radius 3 is 2.50 bits per heavy atom. The van der Waals surface area contributed by atoms with E-state index in [4.69, 9.17) is 0 Å². The number of nitrogens with zero attached hydrogens (tertiary/aromatic N) is 6. The van der Waals surface area contributed by atoms with Crippen molar-refractivity contribution in [3.05, 3.63) is 88.9 Å². The second-order valence-electron chi connectivity index (χ2n) is 8.41. The highest BCUT2D eigenvalue weighted by Gasteiger charge is 2.36. The van der Waals surface area contributed by atoms with E-state index in [1.807, 2.05) is 0 Å². The summed E-state index contributed by atoms with van der Waals surface area (Å²) in [5.74, 6) is -0.686. The van der Waals surface area contributed by atoms with E-state index in [0.717, 1.165) is 16.9 Å². The van der Waals surface area contributed by atoms with Gasteiger partial charge in [-0.1, -0.05) is 0 Å². The third-order valence-electron chi connectivity index (χ3n) is 5.50. The summed E-state index contributed by atoms with van der Waals surface area (Å²) in [7, 11) is 3.20. The molecule has 0 bridgehead atoms. The maximum absolute atomic E-state index is 13.7. The van der Waals surface area contributed by atoms with Crippen molar-refractivity contribution in [2.24, 2.45) is 0 Å². The quantitative estimate of drug-likeness (QED) is 0.396. The number of amides is 2. The Morgan fingerprint density at radius 1 is 1.08 bits per heavy atom. The fraction of sp³-hybridized carbons (Fsp3) is 0.200. The smallest absolute Gasteiger partial charge is 0.349 e. The van der Waals surface area contributed by atoms with Crippen LogP contribution in [0.15, 0.2) is 72.0 Å². The van der Waals surface area contributed by atoms with E-state index in [9.17, 15) is 27.6 Å². The molecule has 4 aromatic heterocycles.